The van der Waals surface area contributed by atoms with Gasteiger partial charge in [-0.3, -0.25) is 0 Å². The van der Waals surface area contributed by atoms with Gasteiger partial charge in [-0.05, 0) is 24.3 Å². The Morgan fingerprint density at radius 3 is 2.73 bits per heavy atom. The lowest BCUT2D eigenvalue weighted by atomic mass is 10.2. The van der Waals surface area contributed by atoms with E-state index in [-0.39, 0.29) is 5.02 Å². The van der Waals surface area contributed by atoms with Crippen LogP contribution in [0.1, 0.15) is 0 Å². The number of nitrogens with zero attached hydrogens (tertiary/aromatic N) is 2. The maximum absolute atomic E-state index is 12.8. The summed E-state index contributed by atoms with van der Waals surface area (Å²) in [6.45, 7) is 0. The summed E-state index contributed by atoms with van der Waals surface area (Å²) in [7, 11) is 0. The van der Waals surface area contributed by atoms with Crippen LogP contribution in [0.5, 0.6) is 0 Å². The van der Waals surface area contributed by atoms with Crippen molar-refractivity contribution in [2.75, 3.05) is 5.73 Å². The molecule has 0 radical (unpaired) electrons. The number of anilines is 1. The fraction of sp³-hybridized carbons (Fsp3) is 0. The number of aromatic nitrogens is 2. The van der Waals surface area contributed by atoms with E-state index in [9.17, 15) is 4.39 Å². The molecule has 0 aliphatic heterocycles. The van der Waals surface area contributed by atoms with Gasteiger partial charge in [0.15, 0.2) is 5.82 Å². The SMILES string of the molecule is Nc1ccnc(-c2ccc(F)cc2Cl)n1. The van der Waals surface area contributed by atoms with E-state index in [1.54, 1.807) is 6.07 Å². The van der Waals surface area contributed by atoms with Crippen molar-refractivity contribution >= 4 is 17.4 Å². The van der Waals surface area contributed by atoms with E-state index in [4.69, 9.17) is 17.3 Å². The zero-order valence-electron chi connectivity index (χ0n) is 7.61. The van der Waals surface area contributed by atoms with Crippen LogP contribution in [0.15, 0.2) is 30.5 Å². The van der Waals surface area contributed by atoms with E-state index in [0.717, 1.165) is 0 Å². The van der Waals surface area contributed by atoms with Crippen LogP contribution >= 0.6 is 11.6 Å². The zero-order chi connectivity index (χ0) is 10.8. The van der Waals surface area contributed by atoms with Gasteiger partial charge in [0.25, 0.3) is 0 Å². The molecular weight excluding hydrogens is 217 g/mol. The van der Waals surface area contributed by atoms with Crippen molar-refractivity contribution in [3.05, 3.63) is 41.3 Å². The van der Waals surface area contributed by atoms with Crippen molar-refractivity contribution in [1.82, 2.24) is 9.97 Å². The Hall–Kier alpha value is -1.68. The lowest BCUT2D eigenvalue weighted by Gasteiger charge is -2.02. The molecule has 5 heteroatoms. The maximum atomic E-state index is 12.8. The van der Waals surface area contributed by atoms with Crippen molar-refractivity contribution < 1.29 is 4.39 Å². The minimum atomic E-state index is -0.396. The Bertz CT molecular complexity index is 502. The Morgan fingerprint density at radius 1 is 1.27 bits per heavy atom. The molecule has 0 spiro atoms. The molecular formula is C10H7ClFN3. The van der Waals surface area contributed by atoms with E-state index in [0.29, 0.717) is 17.2 Å². The summed E-state index contributed by atoms with van der Waals surface area (Å²) in [4.78, 5) is 8.00. The number of rotatable bonds is 1. The molecule has 1 aromatic carbocycles. The van der Waals surface area contributed by atoms with Gasteiger partial charge in [-0.1, -0.05) is 11.6 Å². The van der Waals surface area contributed by atoms with Gasteiger partial charge in [0.05, 0.1) is 5.02 Å². The third-order valence-corrected chi connectivity index (χ3v) is 2.16. The van der Waals surface area contributed by atoms with Gasteiger partial charge >= 0.3 is 0 Å². The Morgan fingerprint density at radius 2 is 2.07 bits per heavy atom. The molecule has 0 atom stereocenters. The van der Waals surface area contributed by atoms with Crippen LogP contribution in [0.25, 0.3) is 11.4 Å². The summed E-state index contributed by atoms with van der Waals surface area (Å²) in [5, 5.41) is 0.264. The molecule has 1 heterocycles. The monoisotopic (exact) mass is 223 g/mol. The molecule has 0 unspecified atom stereocenters. The molecule has 2 rings (SSSR count). The van der Waals surface area contributed by atoms with Crippen LogP contribution in [0.4, 0.5) is 10.2 Å². The van der Waals surface area contributed by atoms with Gasteiger partial charge in [-0.15, -0.1) is 0 Å². The van der Waals surface area contributed by atoms with E-state index >= 15 is 0 Å². The largest absolute Gasteiger partial charge is 0.384 e. The molecule has 0 saturated heterocycles. The fourth-order valence-corrected chi connectivity index (χ4v) is 1.42. The molecule has 1 aromatic heterocycles. The first-order chi connectivity index (χ1) is 7.16. The first-order valence-electron chi connectivity index (χ1n) is 4.21. The second-order valence-electron chi connectivity index (χ2n) is 2.93. The first kappa shape index (κ1) is 9.86. The molecule has 0 amide bonds. The van der Waals surface area contributed by atoms with Crippen molar-refractivity contribution in [3.63, 3.8) is 0 Å². The van der Waals surface area contributed by atoms with Crippen LogP contribution in [0.3, 0.4) is 0 Å². The van der Waals surface area contributed by atoms with Gasteiger partial charge in [-0.2, -0.15) is 0 Å². The number of halogens is 2. The van der Waals surface area contributed by atoms with Gasteiger partial charge in [0.2, 0.25) is 0 Å². The second-order valence-corrected chi connectivity index (χ2v) is 3.34. The second kappa shape index (κ2) is 3.82. The Kier molecular flexibility index (Phi) is 2.51. The van der Waals surface area contributed by atoms with Gasteiger partial charge in [0, 0.05) is 11.8 Å². The Balaban J connectivity index is 2.54. The van der Waals surface area contributed by atoms with Crippen molar-refractivity contribution in [3.8, 4) is 11.4 Å². The number of hydrogen-bond acceptors (Lipinski definition) is 3. The fourth-order valence-electron chi connectivity index (χ4n) is 1.17. The lowest BCUT2D eigenvalue weighted by Crippen LogP contribution is -1.95. The number of benzene rings is 1. The van der Waals surface area contributed by atoms with Crippen molar-refractivity contribution in [2.45, 2.75) is 0 Å². The predicted octanol–water partition coefficient (Wildman–Crippen LogP) is 2.52. The summed E-state index contributed by atoms with van der Waals surface area (Å²) < 4.78 is 12.8. The van der Waals surface area contributed by atoms with Crippen LogP contribution < -0.4 is 5.73 Å². The third-order valence-electron chi connectivity index (χ3n) is 1.85. The zero-order valence-corrected chi connectivity index (χ0v) is 8.37. The average Bonchev–Trinajstić information content (AvgIpc) is 2.17. The average molecular weight is 224 g/mol. The van der Waals surface area contributed by atoms with Crippen LogP contribution in [0, 0.1) is 5.82 Å². The minimum absolute atomic E-state index is 0.264. The molecule has 0 fully saturated rings. The van der Waals surface area contributed by atoms with E-state index in [1.165, 1.54) is 24.4 Å². The van der Waals surface area contributed by atoms with Crippen molar-refractivity contribution in [2.24, 2.45) is 0 Å². The van der Waals surface area contributed by atoms with E-state index in [1.807, 2.05) is 0 Å². The molecule has 2 aromatic rings. The van der Waals surface area contributed by atoms with Gasteiger partial charge < -0.3 is 5.73 Å². The summed E-state index contributed by atoms with van der Waals surface area (Å²) in [6.07, 6.45) is 1.53. The van der Waals surface area contributed by atoms with E-state index < -0.39 is 5.82 Å². The Labute approximate surface area is 90.7 Å². The third kappa shape index (κ3) is 2.05. The smallest absolute Gasteiger partial charge is 0.162 e. The number of nitrogens with two attached hydrogens (primary N) is 1. The molecule has 76 valence electrons. The maximum Gasteiger partial charge on any atom is 0.162 e. The molecule has 0 bridgehead atoms. The molecule has 15 heavy (non-hydrogen) atoms. The molecule has 3 nitrogen and oxygen atoms in total. The summed E-state index contributed by atoms with van der Waals surface area (Å²) in [6, 6.07) is 5.60. The molecule has 0 saturated carbocycles. The topological polar surface area (TPSA) is 51.8 Å². The quantitative estimate of drug-likeness (QED) is 0.808. The lowest BCUT2D eigenvalue weighted by molar-refractivity contribution is 0.628. The standard InChI is InChI=1S/C10H7ClFN3/c11-8-5-6(12)1-2-7(8)10-14-4-3-9(13)15-10/h1-5H,(H2,13,14,15). The highest BCUT2D eigenvalue weighted by atomic mass is 35.5. The minimum Gasteiger partial charge on any atom is -0.384 e. The molecule has 2 N–H and O–H groups in total. The first-order valence-corrected chi connectivity index (χ1v) is 4.58. The highest BCUT2D eigenvalue weighted by molar-refractivity contribution is 6.33. The highest BCUT2D eigenvalue weighted by Crippen LogP contribution is 2.25. The van der Waals surface area contributed by atoms with Crippen LogP contribution in [-0.2, 0) is 0 Å². The van der Waals surface area contributed by atoms with Gasteiger partial charge in [0.1, 0.15) is 11.6 Å². The van der Waals surface area contributed by atoms with E-state index in [2.05, 4.69) is 9.97 Å². The van der Waals surface area contributed by atoms with Crippen molar-refractivity contribution in [1.29, 1.82) is 0 Å². The van der Waals surface area contributed by atoms with Crippen LogP contribution in [-0.4, -0.2) is 9.97 Å². The number of nitrogen functional groups attached to an aromatic ring is 1. The normalized spacial score (nSPS) is 10.3. The predicted molar refractivity (Wildman–Crippen MR) is 56.8 cm³/mol. The van der Waals surface area contributed by atoms with Crippen LogP contribution in [0.2, 0.25) is 5.02 Å². The highest BCUT2D eigenvalue weighted by Gasteiger charge is 2.07. The van der Waals surface area contributed by atoms with Gasteiger partial charge in [-0.25, -0.2) is 14.4 Å². The number of hydrogen-bond donors (Lipinski definition) is 1. The summed E-state index contributed by atoms with van der Waals surface area (Å²) in [5.74, 6) is 0.341. The molecule has 0 aliphatic rings. The molecule has 0 aliphatic carbocycles. The summed E-state index contributed by atoms with van der Waals surface area (Å²) in [5.41, 5.74) is 6.07. The summed E-state index contributed by atoms with van der Waals surface area (Å²) >= 11 is 5.86.